The highest BCUT2D eigenvalue weighted by Gasteiger charge is 2.18. The molecule has 6 nitrogen and oxygen atoms in total. The summed E-state index contributed by atoms with van der Waals surface area (Å²) in [4.78, 5) is 9.28. The average molecular weight is 362 g/mol. The number of piperidine rings is 1. The number of para-hydroxylation sites is 1. The van der Waals surface area contributed by atoms with E-state index in [2.05, 4.69) is 44.9 Å². The maximum Gasteiger partial charge on any atom is 0.130 e. The van der Waals surface area contributed by atoms with Gasteiger partial charge in [0.1, 0.15) is 11.6 Å². The molecule has 140 valence electrons. The van der Waals surface area contributed by atoms with Gasteiger partial charge >= 0.3 is 0 Å². The second-order valence-corrected chi connectivity index (χ2v) is 7.17. The number of rotatable bonds is 5. The predicted octanol–water partition coefficient (Wildman–Crippen LogP) is 3.61. The maximum absolute atomic E-state index is 4.69. The van der Waals surface area contributed by atoms with Crippen LogP contribution in [0.1, 0.15) is 48.8 Å². The molecule has 0 spiro atoms. The Morgan fingerprint density at radius 1 is 1.15 bits per heavy atom. The minimum absolute atomic E-state index is 0.109. The van der Waals surface area contributed by atoms with Crippen LogP contribution in [-0.4, -0.2) is 32.8 Å². The molecule has 3 aromatic rings. The molecule has 6 heteroatoms. The number of aromatic nitrogens is 4. The Kier molecular flexibility index (Phi) is 5.16. The van der Waals surface area contributed by atoms with Crippen molar-refractivity contribution in [2.24, 2.45) is 0 Å². The van der Waals surface area contributed by atoms with E-state index in [1.807, 2.05) is 48.1 Å². The molecular formula is C21H26N6. The number of nitrogens with zero attached hydrogens (tertiary/aromatic N) is 4. The fraction of sp³-hybridized carbons (Fsp3) is 0.381. The Balaban J connectivity index is 1.50. The fourth-order valence-corrected chi connectivity index (χ4v) is 3.58. The summed E-state index contributed by atoms with van der Waals surface area (Å²) >= 11 is 0. The van der Waals surface area contributed by atoms with Crippen molar-refractivity contribution in [2.75, 3.05) is 18.4 Å². The highest BCUT2D eigenvalue weighted by Crippen LogP contribution is 2.26. The Morgan fingerprint density at radius 3 is 2.70 bits per heavy atom. The molecule has 1 aromatic carbocycles. The second-order valence-electron chi connectivity index (χ2n) is 7.17. The molecule has 1 atom stereocenters. The molecule has 0 aliphatic carbocycles. The van der Waals surface area contributed by atoms with Crippen LogP contribution < -0.4 is 10.6 Å². The molecule has 0 saturated carbocycles. The third kappa shape index (κ3) is 4.17. The van der Waals surface area contributed by atoms with E-state index in [4.69, 9.17) is 0 Å². The molecule has 4 rings (SSSR count). The molecule has 1 fully saturated rings. The Hall–Kier alpha value is -2.73. The lowest BCUT2D eigenvalue weighted by molar-refractivity contribution is 0.452. The first kappa shape index (κ1) is 17.7. The van der Waals surface area contributed by atoms with Gasteiger partial charge in [-0.3, -0.25) is 0 Å². The molecule has 2 aromatic heterocycles. The molecule has 3 heterocycles. The largest absolute Gasteiger partial charge is 0.363 e. The lowest BCUT2D eigenvalue weighted by atomic mass is 9.94. The van der Waals surface area contributed by atoms with Crippen LogP contribution in [-0.2, 0) is 0 Å². The third-order valence-electron chi connectivity index (χ3n) is 5.10. The lowest BCUT2D eigenvalue weighted by Crippen LogP contribution is -2.27. The Bertz CT molecular complexity index is 883. The quantitative estimate of drug-likeness (QED) is 0.726. The van der Waals surface area contributed by atoms with Crippen molar-refractivity contribution in [3.8, 4) is 5.69 Å². The molecule has 0 radical (unpaired) electrons. The highest BCUT2D eigenvalue weighted by atomic mass is 15.3. The first-order valence-electron chi connectivity index (χ1n) is 9.62. The van der Waals surface area contributed by atoms with E-state index in [-0.39, 0.29) is 6.04 Å². The molecule has 1 aliphatic rings. The van der Waals surface area contributed by atoms with Gasteiger partial charge in [-0.1, -0.05) is 18.2 Å². The molecule has 2 N–H and O–H groups in total. The normalized spacial score (nSPS) is 16.2. The zero-order chi connectivity index (χ0) is 18.6. The molecule has 27 heavy (non-hydrogen) atoms. The van der Waals surface area contributed by atoms with Crippen molar-refractivity contribution < 1.29 is 0 Å². The lowest BCUT2D eigenvalue weighted by Gasteiger charge is -2.23. The van der Waals surface area contributed by atoms with E-state index in [1.165, 1.54) is 0 Å². The number of aryl methyl sites for hydroxylation is 1. The van der Waals surface area contributed by atoms with Gasteiger partial charge in [-0.2, -0.15) is 5.10 Å². The standard InChI is InChI=1S/C21H26N6/c1-15(18-13-23-27(14-18)19-6-4-3-5-7-19)24-21-12-20(25-16(2)26-21)17-8-10-22-11-9-17/h3-7,12-15,17,22H,8-11H2,1-2H3,(H,24,25,26)/t15-/m1/s1. The summed E-state index contributed by atoms with van der Waals surface area (Å²) < 4.78 is 1.90. The van der Waals surface area contributed by atoms with Gasteiger partial charge in [0.05, 0.1) is 17.9 Å². The molecule has 0 bridgehead atoms. The van der Waals surface area contributed by atoms with Crippen molar-refractivity contribution >= 4 is 5.82 Å². The van der Waals surface area contributed by atoms with Crippen LogP contribution in [0.5, 0.6) is 0 Å². The molecular weight excluding hydrogens is 336 g/mol. The summed E-state index contributed by atoms with van der Waals surface area (Å²) in [6, 6.07) is 12.4. The highest BCUT2D eigenvalue weighted by molar-refractivity contribution is 5.40. The van der Waals surface area contributed by atoms with E-state index in [9.17, 15) is 0 Å². The second kappa shape index (κ2) is 7.88. The number of hydrogen-bond acceptors (Lipinski definition) is 5. The monoisotopic (exact) mass is 362 g/mol. The van der Waals surface area contributed by atoms with Gasteiger partial charge < -0.3 is 10.6 Å². The van der Waals surface area contributed by atoms with Gasteiger partial charge in [0.2, 0.25) is 0 Å². The van der Waals surface area contributed by atoms with Crippen molar-refractivity contribution in [1.82, 2.24) is 25.1 Å². The van der Waals surface area contributed by atoms with Crippen molar-refractivity contribution in [1.29, 1.82) is 0 Å². The van der Waals surface area contributed by atoms with Crippen LogP contribution in [0, 0.1) is 6.92 Å². The molecule has 1 aliphatic heterocycles. The SMILES string of the molecule is Cc1nc(N[C@H](C)c2cnn(-c3ccccc3)c2)cc(C2CCNCC2)n1. The molecule has 1 saturated heterocycles. The van der Waals surface area contributed by atoms with Crippen molar-refractivity contribution in [2.45, 2.75) is 38.6 Å². The van der Waals surface area contributed by atoms with Crippen LogP contribution in [0.25, 0.3) is 5.69 Å². The predicted molar refractivity (Wildman–Crippen MR) is 107 cm³/mol. The first-order valence-corrected chi connectivity index (χ1v) is 9.62. The number of anilines is 1. The topological polar surface area (TPSA) is 67.7 Å². The van der Waals surface area contributed by atoms with E-state index in [0.29, 0.717) is 5.92 Å². The van der Waals surface area contributed by atoms with Gasteiger partial charge in [-0.15, -0.1) is 0 Å². The Labute approximate surface area is 160 Å². The summed E-state index contributed by atoms with van der Waals surface area (Å²) in [5.41, 5.74) is 3.33. The van der Waals surface area contributed by atoms with Crippen LogP contribution in [0.4, 0.5) is 5.82 Å². The van der Waals surface area contributed by atoms with Gasteiger partial charge in [0, 0.05) is 29.4 Å². The summed E-state index contributed by atoms with van der Waals surface area (Å²) in [5, 5.41) is 11.4. The van der Waals surface area contributed by atoms with Crippen LogP contribution in [0.2, 0.25) is 0 Å². The van der Waals surface area contributed by atoms with E-state index in [0.717, 1.165) is 54.5 Å². The molecule has 0 amide bonds. The van der Waals surface area contributed by atoms with Crippen LogP contribution in [0.3, 0.4) is 0 Å². The fourth-order valence-electron chi connectivity index (χ4n) is 3.58. The summed E-state index contributed by atoms with van der Waals surface area (Å²) in [7, 11) is 0. The van der Waals surface area contributed by atoms with Gasteiger partial charge in [0.15, 0.2) is 0 Å². The third-order valence-corrected chi connectivity index (χ3v) is 5.10. The van der Waals surface area contributed by atoms with Gasteiger partial charge in [0.25, 0.3) is 0 Å². The number of benzene rings is 1. The minimum Gasteiger partial charge on any atom is -0.363 e. The maximum atomic E-state index is 4.69. The Morgan fingerprint density at radius 2 is 1.93 bits per heavy atom. The summed E-state index contributed by atoms with van der Waals surface area (Å²) in [6.07, 6.45) is 6.24. The smallest absolute Gasteiger partial charge is 0.130 e. The molecule has 0 unspecified atom stereocenters. The zero-order valence-electron chi connectivity index (χ0n) is 15.9. The summed E-state index contributed by atoms with van der Waals surface area (Å²) in [6.45, 7) is 6.22. The zero-order valence-corrected chi connectivity index (χ0v) is 15.9. The average Bonchev–Trinajstić information content (AvgIpc) is 3.19. The van der Waals surface area contributed by atoms with Crippen LogP contribution >= 0.6 is 0 Å². The van der Waals surface area contributed by atoms with Gasteiger partial charge in [-0.25, -0.2) is 14.6 Å². The van der Waals surface area contributed by atoms with Gasteiger partial charge in [-0.05, 0) is 51.9 Å². The van der Waals surface area contributed by atoms with Crippen molar-refractivity contribution in [3.05, 3.63) is 65.9 Å². The number of nitrogens with one attached hydrogen (secondary N) is 2. The summed E-state index contributed by atoms with van der Waals surface area (Å²) in [5.74, 6) is 2.22. The van der Waals surface area contributed by atoms with E-state index >= 15 is 0 Å². The first-order chi connectivity index (χ1) is 13.2. The van der Waals surface area contributed by atoms with Crippen molar-refractivity contribution in [3.63, 3.8) is 0 Å². The van der Waals surface area contributed by atoms with E-state index in [1.54, 1.807) is 0 Å². The van der Waals surface area contributed by atoms with E-state index < -0.39 is 0 Å². The van der Waals surface area contributed by atoms with Crippen LogP contribution in [0.15, 0.2) is 48.8 Å². The minimum atomic E-state index is 0.109. The number of hydrogen-bond donors (Lipinski definition) is 2.